The van der Waals surface area contributed by atoms with Gasteiger partial charge in [-0.3, -0.25) is 0 Å². The number of rotatable bonds is 6. The number of carbonyl (C=O) groups is 3. The third-order valence-electron chi connectivity index (χ3n) is 8.36. The van der Waals surface area contributed by atoms with Crippen LogP contribution in [0.15, 0.2) is 72.2 Å². The summed E-state index contributed by atoms with van der Waals surface area (Å²) in [7, 11) is -0.754. The number of carbonyl (C=O) groups excluding carboxylic acids is 3. The molecule has 1 saturated heterocycles. The minimum Gasteiger partial charge on any atom is -0.449 e. The largest absolute Gasteiger partial charge is 0.492 e. The third kappa shape index (κ3) is 4.85. The van der Waals surface area contributed by atoms with E-state index in [9.17, 15) is 14.4 Å². The van der Waals surface area contributed by atoms with E-state index in [1.54, 1.807) is 24.3 Å². The minimum atomic E-state index is -0.754. The van der Waals surface area contributed by atoms with E-state index in [0.717, 1.165) is 22.3 Å². The molecule has 0 bridgehead atoms. The van der Waals surface area contributed by atoms with Crippen LogP contribution in [0, 0.1) is 0 Å². The van der Waals surface area contributed by atoms with E-state index < -0.39 is 36.4 Å². The van der Waals surface area contributed by atoms with Crippen LogP contribution in [0.3, 0.4) is 0 Å². The van der Waals surface area contributed by atoms with Crippen LogP contribution >= 0.6 is 0 Å². The van der Waals surface area contributed by atoms with Crippen LogP contribution in [0.2, 0.25) is 0 Å². The highest BCUT2D eigenvalue weighted by molar-refractivity contribution is 6.56. The molecule has 6 rings (SSSR count). The highest BCUT2D eigenvalue weighted by atomic mass is 16.7. The smallest absolute Gasteiger partial charge is 0.449 e. The fourth-order valence-electron chi connectivity index (χ4n) is 5.43. The Bertz CT molecular complexity index is 1550. The monoisotopic (exact) mass is 551 g/mol. The fourth-order valence-corrected chi connectivity index (χ4v) is 5.43. The summed E-state index contributed by atoms with van der Waals surface area (Å²) in [6, 6.07) is 21.2. The Morgan fingerprint density at radius 1 is 0.854 bits per heavy atom. The first kappa shape index (κ1) is 27.0. The number of fused-ring (bicyclic) bond motifs is 4. The number of hydrogen-bond donors (Lipinski definition) is 1. The first-order chi connectivity index (χ1) is 19.5. The van der Waals surface area contributed by atoms with Crippen LogP contribution < -0.4 is 5.32 Å². The summed E-state index contributed by atoms with van der Waals surface area (Å²) < 4.78 is 22.9. The van der Waals surface area contributed by atoms with Crippen LogP contribution in [0.4, 0.5) is 4.79 Å². The SMILES string of the molecule is CC1(C)OB(C(=Cc2ccc3c(c2)C(=O)OC3=O)CNC(=O)OCC2c3ccccc3-c3ccccc32)OC1(C)C. The van der Waals surface area contributed by atoms with Crippen molar-refractivity contribution in [2.75, 3.05) is 13.2 Å². The Kier molecular flexibility index (Phi) is 6.59. The second-order valence-corrected chi connectivity index (χ2v) is 11.5. The summed E-state index contributed by atoms with van der Waals surface area (Å²) in [5.74, 6) is -1.40. The molecule has 208 valence electrons. The molecule has 9 heteroatoms. The van der Waals surface area contributed by atoms with Crippen LogP contribution in [0.5, 0.6) is 0 Å². The van der Waals surface area contributed by atoms with Gasteiger partial charge < -0.3 is 24.1 Å². The summed E-state index contributed by atoms with van der Waals surface area (Å²) in [5.41, 5.74) is 5.04. The van der Waals surface area contributed by atoms with E-state index in [-0.39, 0.29) is 30.2 Å². The maximum Gasteiger partial charge on any atom is 0.492 e. The molecule has 2 aliphatic heterocycles. The molecular weight excluding hydrogens is 521 g/mol. The van der Waals surface area contributed by atoms with Crippen molar-refractivity contribution in [3.8, 4) is 11.1 Å². The van der Waals surface area contributed by atoms with E-state index in [4.69, 9.17) is 18.8 Å². The van der Waals surface area contributed by atoms with Crippen LogP contribution in [0.25, 0.3) is 17.2 Å². The van der Waals surface area contributed by atoms with Gasteiger partial charge >= 0.3 is 25.2 Å². The average Bonchev–Trinajstić information content (AvgIpc) is 3.50. The maximum absolute atomic E-state index is 12.9. The van der Waals surface area contributed by atoms with Gasteiger partial charge in [0.25, 0.3) is 0 Å². The van der Waals surface area contributed by atoms with Crippen molar-refractivity contribution in [1.82, 2.24) is 5.32 Å². The summed E-state index contributed by atoms with van der Waals surface area (Å²) in [4.78, 5) is 36.9. The Morgan fingerprint density at radius 2 is 1.44 bits per heavy atom. The zero-order valence-electron chi connectivity index (χ0n) is 23.4. The highest BCUT2D eigenvalue weighted by Gasteiger charge is 2.52. The van der Waals surface area contributed by atoms with E-state index >= 15 is 0 Å². The Morgan fingerprint density at radius 3 is 2.07 bits per heavy atom. The second kappa shape index (κ2) is 10.0. The molecule has 1 aliphatic carbocycles. The van der Waals surface area contributed by atoms with E-state index in [1.807, 2.05) is 52.0 Å². The molecule has 0 saturated carbocycles. The lowest BCUT2D eigenvalue weighted by Gasteiger charge is -2.32. The van der Waals surface area contributed by atoms with Crippen molar-refractivity contribution in [3.05, 3.63) is 100 Å². The molecule has 0 aromatic heterocycles. The Labute approximate surface area is 238 Å². The van der Waals surface area contributed by atoms with Crippen molar-refractivity contribution >= 4 is 31.2 Å². The van der Waals surface area contributed by atoms with E-state index in [1.165, 1.54) is 0 Å². The molecule has 3 aromatic carbocycles. The highest BCUT2D eigenvalue weighted by Crippen LogP contribution is 2.44. The van der Waals surface area contributed by atoms with E-state index in [2.05, 4.69) is 29.6 Å². The zero-order valence-corrected chi connectivity index (χ0v) is 23.4. The molecule has 8 nitrogen and oxygen atoms in total. The number of cyclic esters (lactones) is 2. The first-order valence-corrected chi connectivity index (χ1v) is 13.6. The van der Waals surface area contributed by atoms with Crippen molar-refractivity contribution in [1.29, 1.82) is 0 Å². The van der Waals surface area contributed by atoms with Gasteiger partial charge in [-0.25, -0.2) is 14.4 Å². The van der Waals surface area contributed by atoms with Gasteiger partial charge in [-0.1, -0.05) is 60.7 Å². The maximum atomic E-state index is 12.9. The number of ether oxygens (including phenoxy) is 2. The van der Waals surface area contributed by atoms with E-state index in [0.29, 0.717) is 11.0 Å². The molecule has 1 fully saturated rings. The van der Waals surface area contributed by atoms with Crippen LogP contribution in [0.1, 0.15) is 71.0 Å². The standard InChI is InChI=1S/C32H30BNO7/c1-31(2)32(3,4)41-33(40-31)20(15-19-13-14-25-26(16-19)29(36)39-28(25)35)17-34-30(37)38-18-27-23-11-7-5-9-21(23)22-10-6-8-12-24(22)27/h5-16,27H,17-18H2,1-4H3,(H,34,37). The minimum absolute atomic E-state index is 0.0554. The Hall–Kier alpha value is -4.21. The normalized spacial score (nSPS) is 18.5. The van der Waals surface area contributed by atoms with Crippen molar-refractivity contribution in [3.63, 3.8) is 0 Å². The third-order valence-corrected chi connectivity index (χ3v) is 8.36. The van der Waals surface area contributed by atoms with Crippen LogP contribution in [-0.2, 0) is 18.8 Å². The molecule has 41 heavy (non-hydrogen) atoms. The molecule has 0 radical (unpaired) electrons. The summed E-state index contributed by atoms with van der Waals surface area (Å²) in [6.07, 6.45) is 1.21. The molecule has 3 aromatic rings. The summed E-state index contributed by atoms with van der Waals surface area (Å²) in [6.45, 7) is 8.05. The lowest BCUT2D eigenvalue weighted by atomic mass is 9.77. The van der Waals surface area contributed by atoms with Gasteiger partial charge in [0.1, 0.15) is 6.61 Å². The summed E-state index contributed by atoms with van der Waals surface area (Å²) >= 11 is 0. The molecule has 3 aliphatic rings. The number of amides is 1. The molecule has 2 heterocycles. The number of hydrogen-bond acceptors (Lipinski definition) is 7. The molecular formula is C32H30BNO7. The van der Waals surface area contributed by atoms with Gasteiger partial charge in [-0.05, 0) is 73.1 Å². The number of alkyl carbamates (subject to hydrolysis) is 1. The lowest BCUT2D eigenvalue weighted by molar-refractivity contribution is 0.00578. The van der Waals surface area contributed by atoms with Crippen LogP contribution in [-0.4, -0.2) is 49.5 Å². The molecule has 1 N–H and O–H groups in total. The van der Waals surface area contributed by atoms with Gasteiger partial charge in [0.15, 0.2) is 0 Å². The molecule has 0 atom stereocenters. The molecule has 1 amide bonds. The Balaban J connectivity index is 1.20. The fraction of sp³-hybridized carbons (Fsp3) is 0.281. The van der Waals surface area contributed by atoms with Gasteiger partial charge in [0, 0.05) is 12.5 Å². The van der Waals surface area contributed by atoms with Gasteiger partial charge in [0.2, 0.25) is 0 Å². The predicted molar refractivity (Wildman–Crippen MR) is 153 cm³/mol. The molecule has 0 spiro atoms. The number of benzene rings is 3. The average molecular weight is 551 g/mol. The predicted octanol–water partition coefficient (Wildman–Crippen LogP) is 5.55. The van der Waals surface area contributed by atoms with Crippen molar-refractivity contribution in [2.45, 2.75) is 44.8 Å². The van der Waals surface area contributed by atoms with Gasteiger partial charge in [-0.2, -0.15) is 0 Å². The quantitative estimate of drug-likeness (QED) is 0.244. The van der Waals surface area contributed by atoms with Gasteiger partial charge in [-0.15, -0.1) is 0 Å². The number of esters is 2. The van der Waals surface area contributed by atoms with Crippen molar-refractivity contribution < 1.29 is 33.2 Å². The zero-order chi connectivity index (χ0) is 28.9. The topological polar surface area (TPSA) is 100 Å². The second-order valence-electron chi connectivity index (χ2n) is 11.5. The first-order valence-electron chi connectivity index (χ1n) is 13.6. The molecule has 0 unspecified atom stereocenters. The lowest BCUT2D eigenvalue weighted by Crippen LogP contribution is -2.41. The summed E-state index contributed by atoms with van der Waals surface area (Å²) in [5, 5.41) is 2.84. The van der Waals surface area contributed by atoms with Crippen molar-refractivity contribution in [2.24, 2.45) is 0 Å². The van der Waals surface area contributed by atoms with Gasteiger partial charge in [0.05, 0.1) is 22.3 Å². The number of nitrogens with one attached hydrogen (secondary N) is 1.